The van der Waals surface area contributed by atoms with E-state index in [4.69, 9.17) is 0 Å². The van der Waals surface area contributed by atoms with Gasteiger partial charge in [0.25, 0.3) is 5.91 Å². The summed E-state index contributed by atoms with van der Waals surface area (Å²) in [5.74, 6) is -4.58. The molecule has 14 heteroatoms. The molecule has 2 amide bonds. The van der Waals surface area contributed by atoms with Crippen LogP contribution in [0.2, 0.25) is 0 Å². The topological polar surface area (TPSA) is 91.3 Å². The van der Waals surface area contributed by atoms with Crippen molar-refractivity contribution in [1.82, 2.24) is 19.7 Å². The fourth-order valence-electron chi connectivity index (χ4n) is 5.90. The van der Waals surface area contributed by atoms with Crippen LogP contribution >= 0.6 is 0 Å². The average Bonchev–Trinajstić information content (AvgIpc) is 3.51. The number of hydrogen-bond donors (Lipinski definition) is 1. The molecule has 1 saturated heterocycles. The number of piperidine rings is 1. The van der Waals surface area contributed by atoms with Gasteiger partial charge in [-0.05, 0) is 55.7 Å². The van der Waals surface area contributed by atoms with Crippen LogP contribution in [0.5, 0.6) is 0 Å². The number of alkyl halides is 3. The number of rotatable bonds is 4. The maximum absolute atomic E-state index is 14.7. The largest absolute Gasteiger partial charge is 0.419 e. The Balaban J connectivity index is 1.33. The average molecular weight is 616 g/mol. The molecule has 2 aliphatic rings. The highest BCUT2D eigenvalue weighted by Gasteiger charge is 2.39. The summed E-state index contributed by atoms with van der Waals surface area (Å²) in [6.45, 7) is 1.78. The van der Waals surface area contributed by atoms with Gasteiger partial charge in [0.05, 0.1) is 29.1 Å². The summed E-state index contributed by atoms with van der Waals surface area (Å²) in [7, 11) is 0. The lowest BCUT2D eigenvalue weighted by atomic mass is 10.0. The van der Waals surface area contributed by atoms with Crippen molar-refractivity contribution in [3.63, 3.8) is 0 Å². The molecule has 6 rings (SSSR count). The van der Waals surface area contributed by atoms with Crippen molar-refractivity contribution >= 4 is 17.5 Å². The summed E-state index contributed by atoms with van der Waals surface area (Å²) in [5, 5.41) is 4.34. The Morgan fingerprint density at radius 3 is 2.36 bits per heavy atom. The molecular formula is C30H23F6N5O3. The molecule has 2 aromatic carbocycles. The Morgan fingerprint density at radius 1 is 0.977 bits per heavy atom. The van der Waals surface area contributed by atoms with Gasteiger partial charge in [-0.2, -0.15) is 18.3 Å². The van der Waals surface area contributed by atoms with E-state index in [0.717, 1.165) is 16.8 Å². The molecule has 8 nitrogen and oxygen atoms in total. The number of fused-ring (bicyclic) bond motifs is 1. The fraction of sp³-hybridized carbons (Fsp3) is 0.267. The van der Waals surface area contributed by atoms with Crippen LogP contribution in [0.3, 0.4) is 0 Å². The molecule has 2 aromatic heterocycles. The van der Waals surface area contributed by atoms with E-state index in [-0.39, 0.29) is 72.1 Å². The number of benzene rings is 2. The number of aromatic nitrogens is 3. The summed E-state index contributed by atoms with van der Waals surface area (Å²) in [6, 6.07) is 6.85. The highest BCUT2D eigenvalue weighted by molar-refractivity contribution is 6.02. The van der Waals surface area contributed by atoms with Crippen LogP contribution < -0.4 is 10.5 Å². The van der Waals surface area contributed by atoms with E-state index in [2.05, 4.69) is 10.1 Å². The van der Waals surface area contributed by atoms with Crippen LogP contribution in [0, 0.1) is 24.4 Å². The molecule has 228 valence electrons. The minimum atomic E-state index is -5.00. The smallest absolute Gasteiger partial charge is 0.337 e. The number of carbonyl (C=O) groups is 2. The molecule has 0 saturated carbocycles. The second-order valence-corrected chi connectivity index (χ2v) is 10.7. The van der Waals surface area contributed by atoms with Gasteiger partial charge in [0, 0.05) is 42.5 Å². The minimum Gasteiger partial charge on any atom is -0.337 e. The summed E-state index contributed by atoms with van der Waals surface area (Å²) in [6.07, 6.45) is -3.23. The number of hydrogen-bond acceptors (Lipinski definition) is 4. The van der Waals surface area contributed by atoms with Gasteiger partial charge in [-0.25, -0.2) is 17.9 Å². The molecule has 1 N–H and O–H groups in total. The third-order valence-corrected chi connectivity index (χ3v) is 7.99. The number of nitrogens with one attached hydrogen (secondary N) is 1. The highest BCUT2D eigenvalue weighted by atomic mass is 19.4. The SMILES string of the molecule is Cc1c(C(=O)N2CCC(N3C(=O)Cc4ccc(F)c(F)c43)CC2)nn(-c2ccc(F)c(C(F)(F)F)c2)c1-c1cc[nH]c(=O)c1. The molecule has 4 heterocycles. The third kappa shape index (κ3) is 4.93. The van der Waals surface area contributed by atoms with E-state index < -0.39 is 46.7 Å². The van der Waals surface area contributed by atoms with Crippen LogP contribution in [-0.4, -0.2) is 50.6 Å². The van der Waals surface area contributed by atoms with E-state index in [1.807, 2.05) is 0 Å². The predicted molar refractivity (Wildman–Crippen MR) is 146 cm³/mol. The van der Waals surface area contributed by atoms with Gasteiger partial charge in [0.1, 0.15) is 5.82 Å². The van der Waals surface area contributed by atoms with Gasteiger partial charge in [0.2, 0.25) is 11.5 Å². The molecule has 1 fully saturated rings. The first-order chi connectivity index (χ1) is 20.8. The van der Waals surface area contributed by atoms with Crippen molar-refractivity contribution in [2.45, 2.75) is 38.4 Å². The van der Waals surface area contributed by atoms with Crippen molar-refractivity contribution in [3.05, 3.63) is 98.9 Å². The number of halogens is 6. The lowest BCUT2D eigenvalue weighted by Gasteiger charge is -2.37. The summed E-state index contributed by atoms with van der Waals surface area (Å²) < 4.78 is 84.4. The zero-order chi connectivity index (χ0) is 31.5. The van der Waals surface area contributed by atoms with Crippen LogP contribution in [0.25, 0.3) is 16.9 Å². The molecular weight excluding hydrogens is 592 g/mol. The summed E-state index contributed by atoms with van der Waals surface area (Å²) in [4.78, 5) is 43.7. The monoisotopic (exact) mass is 615 g/mol. The number of pyridine rings is 1. The van der Waals surface area contributed by atoms with Crippen LogP contribution in [0.4, 0.5) is 32.0 Å². The van der Waals surface area contributed by atoms with E-state index in [0.29, 0.717) is 17.7 Å². The van der Waals surface area contributed by atoms with Crippen molar-refractivity contribution in [2.75, 3.05) is 18.0 Å². The Morgan fingerprint density at radius 2 is 1.68 bits per heavy atom. The number of amides is 2. The zero-order valence-electron chi connectivity index (χ0n) is 23.0. The minimum absolute atomic E-state index is 0.0627. The van der Waals surface area contributed by atoms with Crippen molar-refractivity contribution in [2.24, 2.45) is 0 Å². The lowest BCUT2D eigenvalue weighted by molar-refractivity contribution is -0.140. The maximum Gasteiger partial charge on any atom is 0.419 e. The predicted octanol–water partition coefficient (Wildman–Crippen LogP) is 5.17. The zero-order valence-corrected chi connectivity index (χ0v) is 23.0. The van der Waals surface area contributed by atoms with Gasteiger partial charge in [-0.15, -0.1) is 0 Å². The Labute approximate surface area is 245 Å². The molecule has 0 radical (unpaired) electrons. The lowest BCUT2D eigenvalue weighted by Crippen LogP contribution is -2.48. The van der Waals surface area contributed by atoms with Gasteiger partial charge in [-0.3, -0.25) is 14.4 Å². The number of likely N-dealkylation sites (tertiary alicyclic amines) is 1. The van der Waals surface area contributed by atoms with Gasteiger partial charge in [-0.1, -0.05) is 6.07 Å². The summed E-state index contributed by atoms with van der Waals surface area (Å²) in [5.41, 5.74) is -1.34. The van der Waals surface area contributed by atoms with Crippen LogP contribution in [-0.2, 0) is 17.4 Å². The van der Waals surface area contributed by atoms with Crippen molar-refractivity contribution in [3.8, 4) is 16.9 Å². The third-order valence-electron chi connectivity index (χ3n) is 7.99. The second-order valence-electron chi connectivity index (χ2n) is 10.7. The number of nitrogens with zero attached hydrogens (tertiary/aromatic N) is 4. The number of carbonyl (C=O) groups excluding carboxylic acids is 2. The first-order valence-electron chi connectivity index (χ1n) is 13.6. The number of anilines is 1. The van der Waals surface area contributed by atoms with Gasteiger partial charge >= 0.3 is 6.18 Å². The summed E-state index contributed by atoms with van der Waals surface area (Å²) >= 11 is 0. The van der Waals surface area contributed by atoms with Crippen LogP contribution in [0.15, 0.2) is 53.5 Å². The molecule has 44 heavy (non-hydrogen) atoms. The molecule has 0 atom stereocenters. The Hall–Kier alpha value is -4.88. The molecule has 0 aliphatic carbocycles. The molecule has 0 spiro atoms. The Kier molecular flexibility index (Phi) is 7.09. The van der Waals surface area contributed by atoms with Gasteiger partial charge in [0.15, 0.2) is 17.3 Å². The van der Waals surface area contributed by atoms with Crippen molar-refractivity contribution in [1.29, 1.82) is 0 Å². The molecule has 0 bridgehead atoms. The van der Waals surface area contributed by atoms with E-state index in [1.165, 1.54) is 41.1 Å². The normalized spacial score (nSPS) is 15.7. The van der Waals surface area contributed by atoms with E-state index in [1.54, 1.807) is 0 Å². The second kappa shape index (κ2) is 10.7. The molecule has 0 unspecified atom stereocenters. The van der Waals surface area contributed by atoms with Crippen LogP contribution in [0.1, 0.15) is 40.0 Å². The first-order valence-corrected chi connectivity index (χ1v) is 13.6. The molecule has 2 aliphatic heterocycles. The number of H-pyrrole nitrogens is 1. The number of aromatic amines is 1. The van der Waals surface area contributed by atoms with E-state index in [9.17, 15) is 40.7 Å². The molecule has 4 aromatic rings. The highest BCUT2D eigenvalue weighted by Crippen LogP contribution is 2.38. The quantitative estimate of drug-likeness (QED) is 0.321. The fourth-order valence-corrected chi connectivity index (χ4v) is 5.90. The van der Waals surface area contributed by atoms with Gasteiger partial charge < -0.3 is 14.8 Å². The Bertz CT molecular complexity index is 1870. The first kappa shape index (κ1) is 29.2. The van der Waals surface area contributed by atoms with Crippen molar-refractivity contribution < 1.29 is 35.9 Å². The maximum atomic E-state index is 14.7. The van der Waals surface area contributed by atoms with E-state index >= 15 is 0 Å². The standard InChI is InChI=1S/C30H23F6N5O3/c1-15-26(29(44)39-10-7-18(8-11-39)40-24(43)13-16-2-4-22(32)25(33)28(16)40)38-41(27(15)17-6-9-37-23(42)12-17)19-3-5-21(31)20(14-19)30(34,35)36/h2-6,9,12,14,18H,7-8,10-11,13H2,1H3,(H,37,42).